The minimum absolute atomic E-state index is 0.0814. The molecule has 0 aliphatic carbocycles. The molecule has 138 valence electrons. The van der Waals surface area contributed by atoms with E-state index in [0.29, 0.717) is 18.7 Å². The summed E-state index contributed by atoms with van der Waals surface area (Å²) in [6.45, 7) is 1.22. The van der Waals surface area contributed by atoms with Crippen LogP contribution >= 0.6 is 0 Å². The molecule has 4 N–H and O–H groups in total. The number of anilines is 1. The molecule has 2 heterocycles. The Morgan fingerprint density at radius 1 is 0.929 bits per heavy atom. The largest absolute Gasteiger partial charge is 0.383 e. The number of rotatable bonds is 5. The maximum atomic E-state index is 12.5. The number of carbonyl (C=O) groups excluding carboxylic acids is 1. The Balaban J connectivity index is 1.34. The summed E-state index contributed by atoms with van der Waals surface area (Å²) in [5.41, 5.74) is 4.61. The quantitative estimate of drug-likeness (QED) is 0.353. The van der Waals surface area contributed by atoms with Crippen molar-refractivity contribution in [1.29, 1.82) is 0 Å². The second kappa shape index (κ2) is 6.74. The maximum absolute atomic E-state index is 12.5. The third-order valence-corrected chi connectivity index (χ3v) is 4.96. The van der Waals surface area contributed by atoms with E-state index in [1.807, 2.05) is 54.7 Å². The molecule has 0 bridgehead atoms. The van der Waals surface area contributed by atoms with Gasteiger partial charge in [-0.1, -0.05) is 36.4 Å². The number of benzene rings is 3. The molecule has 0 aliphatic rings. The third kappa shape index (κ3) is 2.85. The summed E-state index contributed by atoms with van der Waals surface area (Å²) in [6, 6.07) is 19.8. The molecule has 0 radical (unpaired) electrons. The summed E-state index contributed by atoms with van der Waals surface area (Å²) in [7, 11) is 0. The van der Waals surface area contributed by atoms with Crippen LogP contribution in [0.2, 0.25) is 0 Å². The Morgan fingerprint density at radius 3 is 2.68 bits per heavy atom. The van der Waals surface area contributed by atoms with Crippen LogP contribution in [0, 0.1) is 0 Å². The van der Waals surface area contributed by atoms with Crippen molar-refractivity contribution in [3.8, 4) is 0 Å². The zero-order valence-corrected chi connectivity index (χ0v) is 15.1. The number of aromatic nitrogens is 3. The highest BCUT2D eigenvalue weighted by Crippen LogP contribution is 2.30. The maximum Gasteiger partial charge on any atom is 0.251 e. The zero-order chi connectivity index (χ0) is 18.9. The van der Waals surface area contributed by atoms with Gasteiger partial charge in [0, 0.05) is 46.0 Å². The summed E-state index contributed by atoms with van der Waals surface area (Å²) >= 11 is 0. The number of amides is 1. The van der Waals surface area contributed by atoms with E-state index in [2.05, 4.69) is 37.9 Å². The molecule has 5 aromatic rings. The van der Waals surface area contributed by atoms with E-state index in [1.165, 1.54) is 0 Å². The fraction of sp³-hybridized carbons (Fsp3) is 0.0909. The molecule has 0 atom stereocenters. The van der Waals surface area contributed by atoms with Crippen LogP contribution in [0.15, 0.2) is 66.9 Å². The lowest BCUT2D eigenvalue weighted by atomic mass is 10.1. The predicted molar refractivity (Wildman–Crippen MR) is 113 cm³/mol. The van der Waals surface area contributed by atoms with E-state index in [4.69, 9.17) is 0 Å². The molecule has 0 spiro atoms. The SMILES string of the molecule is O=C(NCCNc1ccccc1)c1ccc2c(c1)[nH]c1c2ccc2cn[nH]c21. The molecule has 3 aromatic carbocycles. The Kier molecular flexibility index (Phi) is 3.94. The average Bonchev–Trinajstić information content (AvgIpc) is 3.35. The van der Waals surface area contributed by atoms with E-state index >= 15 is 0 Å². The zero-order valence-electron chi connectivity index (χ0n) is 15.1. The molecule has 6 nitrogen and oxygen atoms in total. The molecule has 0 saturated heterocycles. The smallest absolute Gasteiger partial charge is 0.251 e. The van der Waals surface area contributed by atoms with Crippen molar-refractivity contribution in [2.45, 2.75) is 0 Å². The highest BCUT2D eigenvalue weighted by atomic mass is 16.1. The number of nitrogens with zero attached hydrogens (tertiary/aromatic N) is 1. The topological polar surface area (TPSA) is 85.6 Å². The molecule has 2 aromatic heterocycles. The van der Waals surface area contributed by atoms with E-state index < -0.39 is 0 Å². The number of hydrogen-bond donors (Lipinski definition) is 4. The lowest BCUT2D eigenvalue weighted by Gasteiger charge is -2.08. The molecule has 1 amide bonds. The lowest BCUT2D eigenvalue weighted by molar-refractivity contribution is 0.0955. The van der Waals surface area contributed by atoms with Gasteiger partial charge in [-0.2, -0.15) is 5.10 Å². The Morgan fingerprint density at radius 2 is 1.79 bits per heavy atom. The van der Waals surface area contributed by atoms with E-state index in [9.17, 15) is 4.79 Å². The van der Waals surface area contributed by atoms with Gasteiger partial charge < -0.3 is 15.6 Å². The molecular formula is C22H19N5O. The van der Waals surface area contributed by atoms with Crippen LogP contribution in [0.5, 0.6) is 0 Å². The molecule has 6 heteroatoms. The average molecular weight is 369 g/mol. The Hall–Kier alpha value is -3.80. The number of hydrogen-bond acceptors (Lipinski definition) is 3. The standard InChI is InChI=1S/C22H19N5O/c28-22(24-11-10-23-16-4-2-1-3-5-16)14-6-8-17-18-9-7-15-13-25-27-20(15)21(18)26-19(17)12-14/h1-9,12-13,23,26H,10-11H2,(H,24,28)(H,25,27). The van der Waals surface area contributed by atoms with Crippen LogP contribution in [0.3, 0.4) is 0 Å². The molecule has 0 fully saturated rings. The minimum atomic E-state index is -0.0814. The van der Waals surface area contributed by atoms with Gasteiger partial charge in [-0.05, 0) is 24.3 Å². The summed E-state index contributed by atoms with van der Waals surface area (Å²) < 4.78 is 0. The van der Waals surface area contributed by atoms with Gasteiger partial charge in [0.15, 0.2) is 0 Å². The van der Waals surface area contributed by atoms with E-state index in [-0.39, 0.29) is 5.91 Å². The van der Waals surface area contributed by atoms with Gasteiger partial charge >= 0.3 is 0 Å². The third-order valence-electron chi connectivity index (χ3n) is 4.96. The van der Waals surface area contributed by atoms with E-state index in [1.54, 1.807) is 0 Å². The second-order valence-corrected chi connectivity index (χ2v) is 6.76. The monoisotopic (exact) mass is 369 g/mol. The number of carbonyl (C=O) groups is 1. The van der Waals surface area contributed by atoms with Crippen LogP contribution in [0.4, 0.5) is 5.69 Å². The van der Waals surface area contributed by atoms with Crippen molar-refractivity contribution in [2.75, 3.05) is 18.4 Å². The first-order valence-corrected chi connectivity index (χ1v) is 9.24. The first-order chi connectivity index (χ1) is 13.8. The predicted octanol–water partition coefficient (Wildman–Crippen LogP) is 4.04. The van der Waals surface area contributed by atoms with Crippen LogP contribution < -0.4 is 10.6 Å². The number of aromatic amines is 2. The van der Waals surface area contributed by atoms with Crippen molar-refractivity contribution in [2.24, 2.45) is 0 Å². The van der Waals surface area contributed by atoms with Gasteiger partial charge in [0.1, 0.15) is 0 Å². The lowest BCUT2D eigenvalue weighted by Crippen LogP contribution is -2.28. The summed E-state index contributed by atoms with van der Waals surface area (Å²) in [5, 5.41) is 16.7. The van der Waals surface area contributed by atoms with Crippen molar-refractivity contribution >= 4 is 44.3 Å². The normalized spacial score (nSPS) is 11.3. The second-order valence-electron chi connectivity index (χ2n) is 6.76. The fourth-order valence-corrected chi connectivity index (χ4v) is 3.57. The molecule has 0 saturated carbocycles. The molecule has 0 aliphatic heterocycles. The van der Waals surface area contributed by atoms with Crippen LogP contribution in [0.1, 0.15) is 10.4 Å². The minimum Gasteiger partial charge on any atom is -0.383 e. The highest BCUT2D eigenvalue weighted by Gasteiger charge is 2.11. The van der Waals surface area contributed by atoms with Crippen LogP contribution in [0.25, 0.3) is 32.7 Å². The van der Waals surface area contributed by atoms with Crippen molar-refractivity contribution in [3.63, 3.8) is 0 Å². The molecule has 5 rings (SSSR count). The van der Waals surface area contributed by atoms with Gasteiger partial charge in [-0.25, -0.2) is 0 Å². The van der Waals surface area contributed by atoms with Gasteiger partial charge in [0.05, 0.1) is 17.2 Å². The van der Waals surface area contributed by atoms with Crippen molar-refractivity contribution in [3.05, 3.63) is 72.4 Å². The Bertz CT molecular complexity index is 1290. The first-order valence-electron chi connectivity index (χ1n) is 9.24. The summed E-state index contributed by atoms with van der Waals surface area (Å²) in [5.74, 6) is -0.0814. The summed E-state index contributed by atoms with van der Waals surface area (Å²) in [4.78, 5) is 15.9. The van der Waals surface area contributed by atoms with Crippen molar-refractivity contribution < 1.29 is 4.79 Å². The number of fused-ring (bicyclic) bond motifs is 5. The van der Waals surface area contributed by atoms with E-state index in [0.717, 1.165) is 38.4 Å². The Labute approximate surface area is 160 Å². The van der Waals surface area contributed by atoms with Gasteiger partial charge in [-0.15, -0.1) is 0 Å². The van der Waals surface area contributed by atoms with Gasteiger partial charge in [0.25, 0.3) is 5.91 Å². The molecule has 28 heavy (non-hydrogen) atoms. The van der Waals surface area contributed by atoms with Gasteiger partial charge in [-0.3, -0.25) is 9.89 Å². The number of para-hydroxylation sites is 1. The van der Waals surface area contributed by atoms with Gasteiger partial charge in [0.2, 0.25) is 0 Å². The fourth-order valence-electron chi connectivity index (χ4n) is 3.57. The van der Waals surface area contributed by atoms with Crippen molar-refractivity contribution in [1.82, 2.24) is 20.5 Å². The number of nitrogens with one attached hydrogen (secondary N) is 4. The van der Waals surface area contributed by atoms with Crippen LogP contribution in [-0.2, 0) is 0 Å². The molecular weight excluding hydrogens is 350 g/mol. The summed E-state index contributed by atoms with van der Waals surface area (Å²) in [6.07, 6.45) is 1.81. The molecule has 0 unspecified atom stereocenters. The van der Waals surface area contributed by atoms with Crippen LogP contribution in [-0.4, -0.2) is 34.2 Å². The highest BCUT2D eigenvalue weighted by molar-refractivity contribution is 6.16. The number of H-pyrrole nitrogens is 2. The first kappa shape index (κ1) is 16.4.